The van der Waals surface area contributed by atoms with Gasteiger partial charge in [0.05, 0.1) is 23.4 Å². The van der Waals surface area contributed by atoms with Gasteiger partial charge in [0.25, 0.3) is 0 Å². The van der Waals surface area contributed by atoms with Crippen LogP contribution in [0.2, 0.25) is 5.02 Å². The van der Waals surface area contributed by atoms with Gasteiger partial charge in [0.15, 0.2) is 9.84 Å². The SMILES string of the molecule is O=S(=O)(c1ccc(Cl)cc1)[C@H]1[C@@H](c2cccc(F)c2)C1(CO)CO. The summed E-state index contributed by atoms with van der Waals surface area (Å²) in [7, 11) is -3.83. The second-order valence-corrected chi connectivity index (χ2v) is 8.51. The van der Waals surface area contributed by atoms with Gasteiger partial charge < -0.3 is 10.2 Å². The van der Waals surface area contributed by atoms with Gasteiger partial charge in [0, 0.05) is 16.4 Å². The highest BCUT2D eigenvalue weighted by molar-refractivity contribution is 7.92. The summed E-state index contributed by atoms with van der Waals surface area (Å²) in [5.74, 6) is -1.17. The minimum atomic E-state index is -3.83. The highest BCUT2D eigenvalue weighted by Gasteiger charge is 2.70. The molecule has 2 atom stereocenters. The van der Waals surface area contributed by atoms with Crippen LogP contribution in [0.15, 0.2) is 53.4 Å². The lowest BCUT2D eigenvalue weighted by Gasteiger charge is -2.11. The molecule has 24 heavy (non-hydrogen) atoms. The van der Waals surface area contributed by atoms with E-state index in [1.807, 2.05) is 0 Å². The third-order valence-electron chi connectivity index (χ3n) is 4.65. The number of aliphatic hydroxyl groups excluding tert-OH is 2. The first-order valence-electron chi connectivity index (χ1n) is 7.33. The molecule has 0 aliphatic heterocycles. The van der Waals surface area contributed by atoms with Crippen LogP contribution in [0.25, 0.3) is 0 Å². The maximum absolute atomic E-state index is 13.5. The fourth-order valence-corrected chi connectivity index (χ4v) is 5.90. The molecule has 1 saturated carbocycles. The second-order valence-electron chi connectivity index (χ2n) is 6.00. The number of rotatable bonds is 5. The minimum absolute atomic E-state index is 0.0575. The highest BCUT2D eigenvalue weighted by atomic mass is 35.5. The zero-order chi connectivity index (χ0) is 17.5. The molecular formula is C17H16ClFO4S. The third-order valence-corrected chi connectivity index (χ3v) is 7.24. The Morgan fingerprint density at radius 3 is 2.25 bits per heavy atom. The van der Waals surface area contributed by atoms with Crippen LogP contribution < -0.4 is 0 Å². The van der Waals surface area contributed by atoms with Crippen LogP contribution >= 0.6 is 11.6 Å². The van der Waals surface area contributed by atoms with Crippen LogP contribution in [0.4, 0.5) is 4.39 Å². The average molecular weight is 371 g/mol. The quantitative estimate of drug-likeness (QED) is 0.847. The number of halogens is 2. The van der Waals surface area contributed by atoms with Crippen molar-refractivity contribution < 1.29 is 23.0 Å². The Bertz CT molecular complexity index is 847. The van der Waals surface area contributed by atoms with Crippen LogP contribution in [0.3, 0.4) is 0 Å². The molecule has 2 aromatic carbocycles. The lowest BCUT2D eigenvalue weighted by molar-refractivity contribution is 0.130. The molecule has 2 aromatic rings. The fourth-order valence-electron chi connectivity index (χ4n) is 3.35. The van der Waals surface area contributed by atoms with Gasteiger partial charge in [-0.15, -0.1) is 0 Å². The zero-order valence-corrected chi connectivity index (χ0v) is 14.1. The van der Waals surface area contributed by atoms with E-state index in [1.165, 1.54) is 42.5 Å². The van der Waals surface area contributed by atoms with Crippen molar-refractivity contribution in [2.24, 2.45) is 5.41 Å². The van der Waals surface area contributed by atoms with Crippen LogP contribution in [-0.4, -0.2) is 37.1 Å². The van der Waals surface area contributed by atoms with Crippen molar-refractivity contribution in [2.45, 2.75) is 16.1 Å². The first-order valence-corrected chi connectivity index (χ1v) is 9.26. The van der Waals surface area contributed by atoms with Gasteiger partial charge in [-0.1, -0.05) is 23.7 Å². The van der Waals surface area contributed by atoms with E-state index in [0.717, 1.165) is 0 Å². The molecule has 1 aliphatic carbocycles. The Labute approximate surface area is 144 Å². The summed E-state index contributed by atoms with van der Waals surface area (Å²) < 4.78 is 39.4. The molecule has 0 heterocycles. The predicted octanol–water partition coefficient (Wildman–Crippen LogP) is 2.39. The van der Waals surface area contributed by atoms with E-state index in [4.69, 9.17) is 11.6 Å². The summed E-state index contributed by atoms with van der Waals surface area (Å²) in [4.78, 5) is 0.0575. The number of hydrogen-bond acceptors (Lipinski definition) is 4. The smallest absolute Gasteiger partial charge is 0.182 e. The topological polar surface area (TPSA) is 74.6 Å². The average Bonchev–Trinajstić information content (AvgIpc) is 3.26. The summed E-state index contributed by atoms with van der Waals surface area (Å²) in [6, 6.07) is 11.3. The molecule has 0 radical (unpaired) electrons. The number of sulfone groups is 1. The molecule has 0 amide bonds. The van der Waals surface area contributed by atoms with Gasteiger partial charge >= 0.3 is 0 Å². The maximum atomic E-state index is 13.5. The van der Waals surface area contributed by atoms with Crippen molar-refractivity contribution in [3.05, 3.63) is 64.9 Å². The van der Waals surface area contributed by atoms with Crippen molar-refractivity contribution in [3.63, 3.8) is 0 Å². The van der Waals surface area contributed by atoms with Crippen molar-refractivity contribution in [1.29, 1.82) is 0 Å². The van der Waals surface area contributed by atoms with Crippen LogP contribution in [0.1, 0.15) is 11.5 Å². The molecule has 0 bridgehead atoms. The third kappa shape index (κ3) is 2.63. The van der Waals surface area contributed by atoms with E-state index in [0.29, 0.717) is 10.6 Å². The van der Waals surface area contributed by atoms with E-state index < -0.39 is 45.5 Å². The lowest BCUT2D eigenvalue weighted by atomic mass is 10.0. The van der Waals surface area contributed by atoms with E-state index in [1.54, 1.807) is 6.07 Å². The van der Waals surface area contributed by atoms with Gasteiger partial charge in [-0.25, -0.2) is 12.8 Å². The van der Waals surface area contributed by atoms with Crippen LogP contribution in [-0.2, 0) is 9.84 Å². The lowest BCUT2D eigenvalue weighted by Crippen LogP contribution is -2.23. The Balaban J connectivity index is 2.06. The zero-order valence-electron chi connectivity index (χ0n) is 12.6. The Morgan fingerprint density at radius 2 is 1.71 bits per heavy atom. The monoisotopic (exact) mass is 370 g/mol. The minimum Gasteiger partial charge on any atom is -0.396 e. The summed E-state index contributed by atoms with van der Waals surface area (Å²) in [5, 5.41) is 18.9. The highest BCUT2D eigenvalue weighted by Crippen LogP contribution is 2.63. The Hall–Kier alpha value is -1.47. The summed E-state index contributed by atoms with van der Waals surface area (Å²) in [6.07, 6.45) is 0. The first kappa shape index (κ1) is 17.4. The number of benzene rings is 2. The maximum Gasteiger partial charge on any atom is 0.182 e. The van der Waals surface area contributed by atoms with E-state index in [-0.39, 0.29) is 4.90 Å². The van der Waals surface area contributed by atoms with Gasteiger partial charge in [-0.05, 0) is 42.0 Å². The Kier molecular flexibility index (Phi) is 4.42. The molecule has 4 nitrogen and oxygen atoms in total. The van der Waals surface area contributed by atoms with E-state index in [9.17, 15) is 23.0 Å². The van der Waals surface area contributed by atoms with E-state index in [2.05, 4.69) is 0 Å². The normalized spacial score (nSPS) is 22.3. The van der Waals surface area contributed by atoms with Gasteiger partial charge in [0.2, 0.25) is 0 Å². The summed E-state index contributed by atoms with van der Waals surface area (Å²) in [6.45, 7) is -1.02. The number of aliphatic hydroxyl groups is 2. The second kappa shape index (κ2) is 6.11. The number of hydrogen-bond donors (Lipinski definition) is 2. The molecule has 0 saturated heterocycles. The molecule has 0 aromatic heterocycles. The molecule has 3 rings (SSSR count). The molecular weight excluding hydrogens is 355 g/mol. The largest absolute Gasteiger partial charge is 0.396 e. The van der Waals surface area contributed by atoms with Crippen molar-refractivity contribution in [2.75, 3.05) is 13.2 Å². The van der Waals surface area contributed by atoms with Crippen LogP contribution in [0, 0.1) is 11.2 Å². The van der Waals surface area contributed by atoms with Gasteiger partial charge in [-0.2, -0.15) is 0 Å². The molecule has 2 N–H and O–H groups in total. The standard InChI is InChI=1S/C17H16ClFO4S/c18-12-4-6-14(7-5-12)24(22,23)16-15(17(16,9-20)10-21)11-2-1-3-13(19)8-11/h1-8,15-16,20-21H,9-10H2/t15-,16+/m1/s1. The molecule has 0 unspecified atom stereocenters. The summed E-state index contributed by atoms with van der Waals surface area (Å²) in [5.41, 5.74) is -0.785. The molecule has 1 aliphatic rings. The van der Waals surface area contributed by atoms with E-state index >= 15 is 0 Å². The van der Waals surface area contributed by atoms with Crippen LogP contribution in [0.5, 0.6) is 0 Å². The molecule has 0 spiro atoms. The fraction of sp³-hybridized carbons (Fsp3) is 0.294. The van der Waals surface area contributed by atoms with Gasteiger partial charge in [0.1, 0.15) is 5.82 Å². The first-order chi connectivity index (χ1) is 11.4. The summed E-state index contributed by atoms with van der Waals surface area (Å²) >= 11 is 5.79. The van der Waals surface area contributed by atoms with Crippen molar-refractivity contribution in [3.8, 4) is 0 Å². The predicted molar refractivity (Wildman–Crippen MR) is 88.2 cm³/mol. The molecule has 128 valence electrons. The van der Waals surface area contributed by atoms with Crippen molar-refractivity contribution >= 4 is 21.4 Å². The van der Waals surface area contributed by atoms with Gasteiger partial charge in [-0.3, -0.25) is 0 Å². The Morgan fingerprint density at radius 1 is 1.08 bits per heavy atom. The molecule has 1 fully saturated rings. The van der Waals surface area contributed by atoms with Crippen molar-refractivity contribution in [1.82, 2.24) is 0 Å². The molecule has 7 heteroatoms.